The normalized spacial score (nSPS) is 15.3. The maximum absolute atomic E-state index is 12.8. The van der Waals surface area contributed by atoms with Crippen LogP contribution in [-0.4, -0.2) is 31.7 Å². The van der Waals surface area contributed by atoms with Crippen molar-refractivity contribution < 1.29 is 23.4 Å². The number of benzene rings is 2. The summed E-state index contributed by atoms with van der Waals surface area (Å²) in [6.07, 6.45) is 3.56. The molecule has 0 spiro atoms. The van der Waals surface area contributed by atoms with Gasteiger partial charge in [0, 0.05) is 11.8 Å². The van der Waals surface area contributed by atoms with Gasteiger partial charge in [0.25, 0.3) is 0 Å². The Bertz CT molecular complexity index is 984. The predicted octanol–water partition coefficient (Wildman–Crippen LogP) is 3.55. The smallest absolute Gasteiger partial charge is 0.231 e. The second-order valence-corrected chi connectivity index (χ2v) is 6.46. The van der Waals surface area contributed by atoms with Gasteiger partial charge in [-0.2, -0.15) is 0 Å². The maximum atomic E-state index is 12.8. The molecule has 0 aliphatic carbocycles. The number of methoxy groups -OCH3 is 2. The van der Waals surface area contributed by atoms with Gasteiger partial charge >= 0.3 is 0 Å². The largest absolute Gasteiger partial charge is 0.497 e. The lowest BCUT2D eigenvalue weighted by Gasteiger charge is -2.25. The van der Waals surface area contributed by atoms with Crippen LogP contribution in [0.4, 0.5) is 5.69 Å². The number of nitrogens with one attached hydrogen (secondary N) is 1. The molecule has 4 rings (SSSR count). The fourth-order valence-electron chi connectivity index (χ4n) is 3.23. The third-order valence-corrected chi connectivity index (χ3v) is 4.71. The Hall–Kier alpha value is -3.48. The van der Waals surface area contributed by atoms with Crippen molar-refractivity contribution in [2.45, 2.75) is 6.42 Å². The minimum atomic E-state index is -0.292. The molecular weight excluding hydrogens is 360 g/mol. The van der Waals surface area contributed by atoms with E-state index in [1.165, 1.54) is 6.39 Å². The molecule has 1 atom stereocenters. The van der Waals surface area contributed by atoms with E-state index >= 15 is 0 Å². The second-order valence-electron chi connectivity index (χ2n) is 6.46. The van der Waals surface area contributed by atoms with Crippen molar-refractivity contribution >= 4 is 11.6 Å². The summed E-state index contributed by atoms with van der Waals surface area (Å²) in [6.45, 7) is 0.332. The number of rotatable bonds is 5. The summed E-state index contributed by atoms with van der Waals surface area (Å²) in [4.78, 5) is 16.7. The van der Waals surface area contributed by atoms with Crippen LogP contribution in [0.15, 0.2) is 53.4 Å². The SMILES string of the molecule is COc1ccc2c(c1)CC(C(=O)Nc1ccc(-c3cnco3)c(OC)c1)CO2. The quantitative estimate of drug-likeness (QED) is 0.729. The Morgan fingerprint density at radius 3 is 2.82 bits per heavy atom. The van der Waals surface area contributed by atoms with E-state index in [1.54, 1.807) is 32.5 Å². The van der Waals surface area contributed by atoms with Gasteiger partial charge in [-0.05, 0) is 42.3 Å². The molecule has 28 heavy (non-hydrogen) atoms. The van der Waals surface area contributed by atoms with E-state index < -0.39 is 0 Å². The first-order chi connectivity index (χ1) is 13.7. The van der Waals surface area contributed by atoms with Crippen LogP contribution < -0.4 is 19.5 Å². The molecule has 7 nitrogen and oxygen atoms in total. The van der Waals surface area contributed by atoms with Crippen molar-refractivity contribution in [3.8, 4) is 28.6 Å². The van der Waals surface area contributed by atoms with Crippen molar-refractivity contribution in [1.29, 1.82) is 0 Å². The molecule has 0 saturated heterocycles. The molecule has 3 aromatic rings. The summed E-state index contributed by atoms with van der Waals surface area (Å²) in [5.74, 6) is 2.33. The molecule has 2 heterocycles. The van der Waals surface area contributed by atoms with Crippen LogP contribution in [-0.2, 0) is 11.2 Å². The minimum absolute atomic E-state index is 0.108. The van der Waals surface area contributed by atoms with Crippen LogP contribution in [0.3, 0.4) is 0 Å². The van der Waals surface area contributed by atoms with E-state index in [2.05, 4.69) is 10.3 Å². The standard InChI is InChI=1S/C21H20N2O5/c1-25-16-4-6-18-13(8-16)7-14(11-27-18)21(24)23-15-3-5-17(19(9-15)26-2)20-10-22-12-28-20/h3-6,8-10,12,14H,7,11H2,1-2H3,(H,23,24). The van der Waals surface area contributed by atoms with Crippen molar-refractivity contribution in [3.63, 3.8) is 0 Å². The number of carbonyl (C=O) groups excluding carboxylic acids is 1. The number of hydrogen-bond acceptors (Lipinski definition) is 6. The maximum Gasteiger partial charge on any atom is 0.231 e. The molecule has 0 fully saturated rings. The molecule has 1 aliphatic heterocycles. The molecule has 1 aromatic heterocycles. The molecule has 1 unspecified atom stereocenters. The first-order valence-corrected chi connectivity index (χ1v) is 8.85. The van der Waals surface area contributed by atoms with E-state index in [9.17, 15) is 4.79 Å². The van der Waals surface area contributed by atoms with Crippen LogP contribution in [0.5, 0.6) is 17.2 Å². The molecular formula is C21H20N2O5. The van der Waals surface area contributed by atoms with Gasteiger partial charge in [0.15, 0.2) is 12.2 Å². The summed E-state index contributed by atoms with van der Waals surface area (Å²) >= 11 is 0. The van der Waals surface area contributed by atoms with Gasteiger partial charge in [-0.1, -0.05) is 0 Å². The summed E-state index contributed by atoms with van der Waals surface area (Å²) in [5, 5.41) is 2.94. The summed E-state index contributed by atoms with van der Waals surface area (Å²) in [6, 6.07) is 11.0. The Morgan fingerprint density at radius 1 is 1.18 bits per heavy atom. The third-order valence-electron chi connectivity index (χ3n) is 4.71. The number of anilines is 1. The molecule has 1 aliphatic rings. The average Bonchev–Trinajstić information content (AvgIpc) is 3.27. The Labute approximate surface area is 162 Å². The predicted molar refractivity (Wildman–Crippen MR) is 103 cm³/mol. The fourth-order valence-corrected chi connectivity index (χ4v) is 3.23. The summed E-state index contributed by atoms with van der Waals surface area (Å²) < 4.78 is 21.8. The number of carbonyl (C=O) groups is 1. The van der Waals surface area contributed by atoms with Crippen LogP contribution >= 0.6 is 0 Å². The zero-order valence-electron chi connectivity index (χ0n) is 15.6. The zero-order chi connectivity index (χ0) is 19.5. The summed E-state index contributed by atoms with van der Waals surface area (Å²) in [7, 11) is 3.19. The molecule has 0 bridgehead atoms. The molecule has 7 heteroatoms. The first kappa shape index (κ1) is 17.9. The molecule has 2 aromatic carbocycles. The van der Waals surface area contributed by atoms with Crippen molar-refractivity contribution in [2.75, 3.05) is 26.1 Å². The van der Waals surface area contributed by atoms with Crippen LogP contribution in [0.1, 0.15) is 5.56 Å². The van der Waals surface area contributed by atoms with Crippen molar-refractivity contribution in [1.82, 2.24) is 4.98 Å². The van der Waals surface area contributed by atoms with E-state index in [0.717, 1.165) is 22.6 Å². The minimum Gasteiger partial charge on any atom is -0.497 e. The van der Waals surface area contributed by atoms with Crippen LogP contribution in [0, 0.1) is 5.92 Å². The lowest BCUT2D eigenvalue weighted by atomic mass is 9.95. The highest BCUT2D eigenvalue weighted by Crippen LogP contribution is 2.34. The monoisotopic (exact) mass is 380 g/mol. The highest BCUT2D eigenvalue weighted by Gasteiger charge is 2.26. The number of amides is 1. The number of ether oxygens (including phenoxy) is 3. The second kappa shape index (κ2) is 7.64. The zero-order valence-corrected chi connectivity index (χ0v) is 15.6. The van der Waals surface area contributed by atoms with Gasteiger partial charge in [0.1, 0.15) is 23.9 Å². The van der Waals surface area contributed by atoms with E-state index in [-0.39, 0.29) is 11.8 Å². The van der Waals surface area contributed by atoms with E-state index in [0.29, 0.717) is 30.2 Å². The van der Waals surface area contributed by atoms with Crippen LogP contribution in [0.2, 0.25) is 0 Å². The lowest BCUT2D eigenvalue weighted by molar-refractivity contribution is -0.121. The fraction of sp³-hybridized carbons (Fsp3) is 0.238. The third kappa shape index (κ3) is 3.51. The Balaban J connectivity index is 1.49. The van der Waals surface area contributed by atoms with Gasteiger partial charge in [-0.25, -0.2) is 4.98 Å². The topological polar surface area (TPSA) is 82.8 Å². The van der Waals surface area contributed by atoms with Crippen LogP contribution in [0.25, 0.3) is 11.3 Å². The Morgan fingerprint density at radius 2 is 2.07 bits per heavy atom. The molecule has 0 saturated carbocycles. The van der Waals surface area contributed by atoms with Gasteiger partial charge in [0.05, 0.1) is 31.9 Å². The van der Waals surface area contributed by atoms with Gasteiger partial charge < -0.3 is 23.9 Å². The van der Waals surface area contributed by atoms with Crippen molar-refractivity contribution in [3.05, 3.63) is 54.6 Å². The molecule has 1 N–H and O–H groups in total. The summed E-state index contributed by atoms with van der Waals surface area (Å²) in [5.41, 5.74) is 2.37. The number of fused-ring (bicyclic) bond motifs is 1. The first-order valence-electron chi connectivity index (χ1n) is 8.85. The van der Waals surface area contributed by atoms with Crippen molar-refractivity contribution in [2.24, 2.45) is 5.92 Å². The lowest BCUT2D eigenvalue weighted by Crippen LogP contribution is -2.32. The van der Waals surface area contributed by atoms with Gasteiger partial charge in [-0.15, -0.1) is 0 Å². The number of hydrogen-bond donors (Lipinski definition) is 1. The Kier molecular flexibility index (Phi) is 4.89. The highest BCUT2D eigenvalue weighted by atomic mass is 16.5. The number of oxazole rings is 1. The molecule has 144 valence electrons. The number of nitrogens with zero attached hydrogens (tertiary/aromatic N) is 1. The molecule has 1 amide bonds. The van der Waals surface area contributed by atoms with Gasteiger partial charge in [-0.3, -0.25) is 4.79 Å². The van der Waals surface area contributed by atoms with E-state index in [1.807, 2.05) is 24.3 Å². The average molecular weight is 380 g/mol. The molecule has 0 radical (unpaired) electrons. The van der Waals surface area contributed by atoms with Gasteiger partial charge in [0.2, 0.25) is 5.91 Å². The number of aromatic nitrogens is 1. The highest BCUT2D eigenvalue weighted by molar-refractivity contribution is 5.93. The van der Waals surface area contributed by atoms with E-state index in [4.69, 9.17) is 18.6 Å².